The number of nitrogens with zero attached hydrogens (tertiary/aromatic N) is 3. The molecule has 0 aliphatic rings. The molecule has 4 heteroatoms. The van der Waals surface area contributed by atoms with E-state index in [1.54, 1.807) is 0 Å². The number of benzene rings is 1. The summed E-state index contributed by atoms with van der Waals surface area (Å²) in [6, 6.07) is 6.26. The molecule has 0 atom stereocenters. The van der Waals surface area contributed by atoms with Crippen molar-refractivity contribution in [2.75, 3.05) is 0 Å². The van der Waals surface area contributed by atoms with Gasteiger partial charge in [-0.15, -0.1) is 10.2 Å². The standard InChI is InChI=1S/C15H22N4/c1-10-7-6-8-12(11(10)2)14-18-17-13(9-16)19(14)15(3,4)5/h6-8H,9,16H2,1-5H3. The number of aromatic nitrogens is 3. The molecule has 0 amide bonds. The van der Waals surface area contributed by atoms with Crippen LogP contribution in [0.4, 0.5) is 0 Å². The first-order valence-electron chi connectivity index (χ1n) is 6.57. The highest BCUT2D eigenvalue weighted by Gasteiger charge is 2.24. The van der Waals surface area contributed by atoms with E-state index in [1.807, 2.05) is 0 Å². The average molecular weight is 258 g/mol. The smallest absolute Gasteiger partial charge is 0.164 e. The van der Waals surface area contributed by atoms with Crippen molar-refractivity contribution in [3.63, 3.8) is 0 Å². The van der Waals surface area contributed by atoms with Gasteiger partial charge in [0.1, 0.15) is 5.82 Å². The second-order valence-electron chi connectivity index (χ2n) is 5.90. The largest absolute Gasteiger partial charge is 0.324 e. The Kier molecular flexibility index (Phi) is 3.45. The normalized spacial score (nSPS) is 11.9. The SMILES string of the molecule is Cc1cccc(-c2nnc(CN)n2C(C)(C)C)c1C. The number of hydrogen-bond acceptors (Lipinski definition) is 3. The van der Waals surface area contributed by atoms with Crippen LogP contribution in [0.2, 0.25) is 0 Å². The fourth-order valence-corrected chi connectivity index (χ4v) is 2.32. The maximum atomic E-state index is 5.78. The van der Waals surface area contributed by atoms with E-state index in [1.165, 1.54) is 11.1 Å². The highest BCUT2D eigenvalue weighted by Crippen LogP contribution is 2.29. The van der Waals surface area contributed by atoms with Crippen LogP contribution >= 0.6 is 0 Å². The molecule has 0 spiro atoms. The molecule has 4 nitrogen and oxygen atoms in total. The fourth-order valence-electron chi connectivity index (χ4n) is 2.32. The fraction of sp³-hybridized carbons (Fsp3) is 0.467. The minimum absolute atomic E-state index is 0.0935. The summed E-state index contributed by atoms with van der Waals surface area (Å²) >= 11 is 0. The Morgan fingerprint density at radius 1 is 1.16 bits per heavy atom. The van der Waals surface area contributed by atoms with Crippen molar-refractivity contribution in [3.05, 3.63) is 35.2 Å². The first kappa shape index (κ1) is 13.7. The van der Waals surface area contributed by atoms with Gasteiger partial charge < -0.3 is 10.3 Å². The summed E-state index contributed by atoms with van der Waals surface area (Å²) in [5.41, 5.74) is 9.32. The van der Waals surface area contributed by atoms with Crippen LogP contribution in [0.5, 0.6) is 0 Å². The van der Waals surface area contributed by atoms with Gasteiger partial charge in [-0.2, -0.15) is 0 Å². The molecule has 2 rings (SSSR count). The minimum Gasteiger partial charge on any atom is -0.324 e. The van der Waals surface area contributed by atoms with Crippen LogP contribution in [0, 0.1) is 13.8 Å². The third kappa shape index (κ3) is 2.40. The Morgan fingerprint density at radius 2 is 1.84 bits per heavy atom. The van der Waals surface area contributed by atoms with E-state index in [9.17, 15) is 0 Å². The van der Waals surface area contributed by atoms with Crippen molar-refractivity contribution in [3.8, 4) is 11.4 Å². The second kappa shape index (κ2) is 4.78. The van der Waals surface area contributed by atoms with Crippen LogP contribution in [-0.2, 0) is 12.1 Å². The van der Waals surface area contributed by atoms with Crippen molar-refractivity contribution in [2.45, 2.75) is 46.7 Å². The number of rotatable bonds is 2. The van der Waals surface area contributed by atoms with Crippen molar-refractivity contribution in [2.24, 2.45) is 5.73 Å². The van der Waals surface area contributed by atoms with Crippen LogP contribution in [0.1, 0.15) is 37.7 Å². The predicted molar refractivity (Wildman–Crippen MR) is 77.8 cm³/mol. The van der Waals surface area contributed by atoms with E-state index in [0.29, 0.717) is 6.54 Å². The van der Waals surface area contributed by atoms with Crippen molar-refractivity contribution >= 4 is 0 Å². The Balaban J connectivity index is 2.70. The summed E-state index contributed by atoms with van der Waals surface area (Å²) < 4.78 is 2.13. The highest BCUT2D eigenvalue weighted by molar-refractivity contribution is 5.62. The molecule has 0 saturated heterocycles. The Morgan fingerprint density at radius 3 is 2.42 bits per heavy atom. The van der Waals surface area contributed by atoms with Gasteiger partial charge in [0.05, 0.1) is 6.54 Å². The summed E-state index contributed by atoms with van der Waals surface area (Å²) in [5.74, 6) is 1.72. The molecule has 0 aliphatic carbocycles. The lowest BCUT2D eigenvalue weighted by Crippen LogP contribution is -2.26. The average Bonchev–Trinajstić information content (AvgIpc) is 2.76. The predicted octanol–water partition coefficient (Wildman–Crippen LogP) is 2.78. The number of hydrogen-bond donors (Lipinski definition) is 1. The molecular weight excluding hydrogens is 236 g/mol. The zero-order chi connectivity index (χ0) is 14.2. The molecule has 0 fully saturated rings. The van der Waals surface area contributed by atoms with Crippen molar-refractivity contribution in [1.29, 1.82) is 0 Å². The molecule has 0 bridgehead atoms. The maximum Gasteiger partial charge on any atom is 0.164 e. The van der Waals surface area contributed by atoms with Crippen LogP contribution < -0.4 is 5.73 Å². The van der Waals surface area contributed by atoms with Gasteiger partial charge in [0.2, 0.25) is 0 Å². The van der Waals surface area contributed by atoms with Gasteiger partial charge >= 0.3 is 0 Å². The Hall–Kier alpha value is -1.68. The van der Waals surface area contributed by atoms with Gasteiger partial charge in [-0.05, 0) is 45.7 Å². The van der Waals surface area contributed by atoms with Crippen LogP contribution in [-0.4, -0.2) is 14.8 Å². The molecule has 1 aromatic carbocycles. The quantitative estimate of drug-likeness (QED) is 0.901. The molecule has 2 aromatic rings. The van der Waals surface area contributed by atoms with E-state index in [4.69, 9.17) is 5.73 Å². The molecule has 1 aromatic heterocycles. The third-order valence-corrected chi connectivity index (χ3v) is 3.43. The van der Waals surface area contributed by atoms with E-state index in [-0.39, 0.29) is 5.54 Å². The minimum atomic E-state index is -0.0935. The van der Waals surface area contributed by atoms with Gasteiger partial charge in [-0.3, -0.25) is 0 Å². The van der Waals surface area contributed by atoms with Crippen molar-refractivity contribution in [1.82, 2.24) is 14.8 Å². The zero-order valence-corrected chi connectivity index (χ0v) is 12.4. The van der Waals surface area contributed by atoms with E-state index in [0.717, 1.165) is 17.2 Å². The lowest BCUT2D eigenvalue weighted by Gasteiger charge is -2.25. The van der Waals surface area contributed by atoms with Gasteiger partial charge in [0, 0.05) is 11.1 Å². The van der Waals surface area contributed by atoms with Gasteiger partial charge in [0.25, 0.3) is 0 Å². The van der Waals surface area contributed by atoms with E-state index in [2.05, 4.69) is 67.6 Å². The topological polar surface area (TPSA) is 56.7 Å². The lowest BCUT2D eigenvalue weighted by atomic mass is 10.0. The summed E-state index contributed by atoms with van der Waals surface area (Å²) in [4.78, 5) is 0. The Bertz CT molecular complexity index is 591. The third-order valence-electron chi connectivity index (χ3n) is 3.43. The molecule has 1 heterocycles. The zero-order valence-electron chi connectivity index (χ0n) is 12.4. The number of aryl methyl sites for hydroxylation is 1. The lowest BCUT2D eigenvalue weighted by molar-refractivity contribution is 0.386. The molecule has 0 saturated carbocycles. The highest BCUT2D eigenvalue weighted by atomic mass is 15.3. The summed E-state index contributed by atoms with van der Waals surface area (Å²) in [5, 5.41) is 8.59. The van der Waals surface area contributed by atoms with E-state index >= 15 is 0 Å². The molecular formula is C15H22N4. The summed E-state index contributed by atoms with van der Waals surface area (Å²) in [6.07, 6.45) is 0. The monoisotopic (exact) mass is 258 g/mol. The first-order valence-corrected chi connectivity index (χ1v) is 6.57. The van der Waals surface area contributed by atoms with Crippen LogP contribution in [0.3, 0.4) is 0 Å². The molecule has 0 radical (unpaired) electrons. The van der Waals surface area contributed by atoms with E-state index < -0.39 is 0 Å². The summed E-state index contributed by atoms with van der Waals surface area (Å²) in [6.45, 7) is 11.1. The molecule has 0 unspecified atom stereocenters. The van der Waals surface area contributed by atoms with Crippen LogP contribution in [0.15, 0.2) is 18.2 Å². The number of nitrogens with two attached hydrogens (primary N) is 1. The van der Waals surface area contributed by atoms with Crippen molar-refractivity contribution < 1.29 is 0 Å². The molecule has 102 valence electrons. The van der Waals surface area contributed by atoms with Gasteiger partial charge in [-0.1, -0.05) is 18.2 Å². The second-order valence-corrected chi connectivity index (χ2v) is 5.90. The molecule has 19 heavy (non-hydrogen) atoms. The van der Waals surface area contributed by atoms with Crippen LogP contribution in [0.25, 0.3) is 11.4 Å². The summed E-state index contributed by atoms with van der Waals surface area (Å²) in [7, 11) is 0. The maximum absolute atomic E-state index is 5.78. The molecule has 2 N–H and O–H groups in total. The molecule has 0 aliphatic heterocycles. The first-order chi connectivity index (χ1) is 8.86. The Labute approximate surface area is 114 Å². The van der Waals surface area contributed by atoms with Gasteiger partial charge in [0.15, 0.2) is 5.82 Å². The van der Waals surface area contributed by atoms with Gasteiger partial charge in [-0.25, -0.2) is 0 Å².